The molecule has 0 N–H and O–H groups in total. The zero-order valence-electron chi connectivity index (χ0n) is 13.4. The van der Waals surface area contributed by atoms with E-state index in [9.17, 15) is 14.4 Å². The molecule has 1 saturated heterocycles. The van der Waals surface area contributed by atoms with E-state index in [4.69, 9.17) is 14.2 Å². The third kappa shape index (κ3) is 2.20. The highest BCUT2D eigenvalue weighted by Gasteiger charge is 2.70. The summed E-state index contributed by atoms with van der Waals surface area (Å²) in [5.41, 5.74) is -1.37. The predicted molar refractivity (Wildman–Crippen MR) is 74.5 cm³/mol. The van der Waals surface area contributed by atoms with E-state index in [0.717, 1.165) is 12.8 Å². The van der Waals surface area contributed by atoms with E-state index in [-0.39, 0.29) is 23.7 Å². The number of fused-ring (bicyclic) bond motifs is 1. The van der Waals surface area contributed by atoms with E-state index >= 15 is 0 Å². The molecule has 2 saturated carbocycles. The summed E-state index contributed by atoms with van der Waals surface area (Å²) < 4.78 is 16.0. The van der Waals surface area contributed by atoms with Gasteiger partial charge in [-0.2, -0.15) is 0 Å². The third-order valence-electron chi connectivity index (χ3n) is 5.14. The van der Waals surface area contributed by atoms with E-state index < -0.39 is 35.7 Å². The number of hydrogen-bond acceptors (Lipinski definition) is 6. The van der Waals surface area contributed by atoms with Crippen molar-refractivity contribution in [2.45, 2.75) is 52.2 Å². The maximum atomic E-state index is 12.0. The summed E-state index contributed by atoms with van der Waals surface area (Å²) in [4.78, 5) is 35.5. The number of carbonyl (C=O) groups excluding carboxylic acids is 3. The van der Waals surface area contributed by atoms with Gasteiger partial charge >= 0.3 is 17.9 Å². The van der Waals surface area contributed by atoms with E-state index in [1.807, 2.05) is 6.92 Å². The fraction of sp³-hybridized carbons (Fsp3) is 0.812. The molecule has 0 aromatic rings. The van der Waals surface area contributed by atoms with Crippen LogP contribution in [0.4, 0.5) is 0 Å². The molecule has 5 unspecified atom stereocenters. The lowest BCUT2D eigenvalue weighted by atomic mass is 9.79. The summed E-state index contributed by atoms with van der Waals surface area (Å²) in [5.74, 6) is -0.947. The minimum absolute atomic E-state index is 0.0383. The summed E-state index contributed by atoms with van der Waals surface area (Å²) in [7, 11) is 0. The average molecular weight is 310 g/mol. The molecule has 1 aliphatic heterocycles. The molecular weight excluding hydrogens is 288 g/mol. The van der Waals surface area contributed by atoms with Crippen LogP contribution in [0, 0.1) is 23.2 Å². The second kappa shape index (κ2) is 4.70. The van der Waals surface area contributed by atoms with Crippen LogP contribution >= 0.6 is 0 Å². The van der Waals surface area contributed by atoms with Crippen molar-refractivity contribution >= 4 is 17.9 Å². The van der Waals surface area contributed by atoms with Crippen molar-refractivity contribution in [3.8, 4) is 0 Å². The van der Waals surface area contributed by atoms with Crippen LogP contribution in [-0.4, -0.2) is 36.2 Å². The van der Waals surface area contributed by atoms with Gasteiger partial charge in [-0.25, -0.2) is 4.79 Å². The average Bonchev–Trinajstić information content (AvgIpc) is 2.98. The summed E-state index contributed by atoms with van der Waals surface area (Å²) in [6, 6.07) is 0. The zero-order chi connectivity index (χ0) is 16.3. The third-order valence-corrected chi connectivity index (χ3v) is 5.14. The number of ether oxygens (including phenoxy) is 3. The van der Waals surface area contributed by atoms with Crippen molar-refractivity contribution in [1.29, 1.82) is 0 Å². The highest BCUT2D eigenvalue weighted by atomic mass is 16.6. The molecule has 5 atom stereocenters. The molecule has 2 bridgehead atoms. The quantitative estimate of drug-likeness (QED) is 0.580. The minimum Gasteiger partial charge on any atom is -0.455 e. The summed E-state index contributed by atoms with van der Waals surface area (Å²) in [6.45, 7) is 6.59. The van der Waals surface area contributed by atoms with Gasteiger partial charge in [0, 0.05) is 11.8 Å². The lowest BCUT2D eigenvalue weighted by molar-refractivity contribution is -0.180. The first-order chi connectivity index (χ1) is 10.1. The molecule has 0 radical (unpaired) electrons. The van der Waals surface area contributed by atoms with Crippen LogP contribution in [0.15, 0.2) is 0 Å². The molecule has 122 valence electrons. The van der Waals surface area contributed by atoms with Gasteiger partial charge in [0.05, 0.1) is 11.3 Å². The first-order valence-electron chi connectivity index (χ1n) is 7.72. The van der Waals surface area contributed by atoms with Gasteiger partial charge in [-0.1, -0.05) is 0 Å². The Morgan fingerprint density at radius 2 is 2.00 bits per heavy atom. The molecule has 0 spiro atoms. The second-order valence-electron chi connectivity index (χ2n) is 7.79. The Morgan fingerprint density at radius 3 is 2.64 bits per heavy atom. The number of rotatable bonds is 3. The van der Waals surface area contributed by atoms with Crippen molar-refractivity contribution in [2.24, 2.45) is 23.2 Å². The molecule has 6 heteroatoms. The van der Waals surface area contributed by atoms with Crippen LogP contribution in [0.1, 0.15) is 40.5 Å². The molecule has 1 heterocycles. The summed E-state index contributed by atoms with van der Waals surface area (Å²) >= 11 is 0. The van der Waals surface area contributed by atoms with E-state index in [1.54, 1.807) is 20.8 Å². The lowest BCUT2D eigenvalue weighted by Gasteiger charge is -2.34. The van der Waals surface area contributed by atoms with Gasteiger partial charge in [0.15, 0.2) is 6.61 Å². The number of esters is 3. The van der Waals surface area contributed by atoms with Gasteiger partial charge < -0.3 is 14.2 Å². The van der Waals surface area contributed by atoms with Crippen LogP contribution < -0.4 is 0 Å². The van der Waals surface area contributed by atoms with E-state index in [0.29, 0.717) is 0 Å². The van der Waals surface area contributed by atoms with Crippen molar-refractivity contribution in [3.05, 3.63) is 0 Å². The largest absolute Gasteiger partial charge is 0.455 e. The molecule has 22 heavy (non-hydrogen) atoms. The van der Waals surface area contributed by atoms with Crippen LogP contribution in [0.5, 0.6) is 0 Å². The second-order valence-corrected chi connectivity index (χ2v) is 7.79. The molecule has 2 aliphatic carbocycles. The topological polar surface area (TPSA) is 78.9 Å². The van der Waals surface area contributed by atoms with Gasteiger partial charge in [-0.3, -0.25) is 9.59 Å². The molecule has 3 fully saturated rings. The first-order valence-corrected chi connectivity index (χ1v) is 7.72. The standard InChI is InChI=1S/C16H22O6/c1-15(2,3)14(19)20-7-11(17)21-12-8-5-9-10(6-8)16(12,4)22-13(9)18/h8-10,12H,5-7H2,1-4H3. The molecule has 0 aromatic carbocycles. The Bertz CT molecular complexity index is 533. The van der Waals surface area contributed by atoms with E-state index in [1.165, 1.54) is 0 Å². The smallest absolute Gasteiger partial charge is 0.344 e. The number of hydrogen-bond donors (Lipinski definition) is 0. The lowest BCUT2D eigenvalue weighted by Crippen LogP contribution is -2.46. The Labute approximate surface area is 129 Å². The molecule has 3 aliphatic rings. The Hall–Kier alpha value is -1.59. The minimum atomic E-state index is -0.714. The van der Waals surface area contributed by atoms with Gasteiger partial charge in [-0.15, -0.1) is 0 Å². The van der Waals surface area contributed by atoms with E-state index in [2.05, 4.69) is 0 Å². The highest BCUT2D eigenvalue weighted by Crippen LogP contribution is 2.61. The Morgan fingerprint density at radius 1 is 1.32 bits per heavy atom. The predicted octanol–water partition coefficient (Wildman–Crippen LogP) is 1.46. The monoisotopic (exact) mass is 310 g/mol. The Kier molecular flexibility index (Phi) is 3.27. The normalized spacial score (nSPS) is 38.8. The molecule has 0 aromatic heterocycles. The van der Waals surface area contributed by atoms with Crippen molar-refractivity contribution in [1.82, 2.24) is 0 Å². The summed E-state index contributed by atoms with van der Waals surface area (Å²) in [6.07, 6.45) is 1.15. The van der Waals surface area contributed by atoms with Crippen molar-refractivity contribution < 1.29 is 28.6 Å². The number of carbonyl (C=O) groups is 3. The maximum absolute atomic E-state index is 12.0. The first kappa shape index (κ1) is 15.3. The molecule has 3 rings (SSSR count). The van der Waals surface area contributed by atoms with Gasteiger partial charge in [0.2, 0.25) is 0 Å². The maximum Gasteiger partial charge on any atom is 0.344 e. The van der Waals surface area contributed by atoms with Crippen LogP contribution in [0.25, 0.3) is 0 Å². The fourth-order valence-corrected chi connectivity index (χ4v) is 4.05. The van der Waals surface area contributed by atoms with Crippen LogP contribution in [0.2, 0.25) is 0 Å². The molecule has 6 nitrogen and oxygen atoms in total. The summed E-state index contributed by atoms with van der Waals surface area (Å²) in [5, 5.41) is 0. The molecular formula is C16H22O6. The zero-order valence-corrected chi connectivity index (χ0v) is 13.4. The molecule has 0 amide bonds. The van der Waals surface area contributed by atoms with Gasteiger partial charge in [0.1, 0.15) is 11.7 Å². The van der Waals surface area contributed by atoms with Crippen molar-refractivity contribution in [3.63, 3.8) is 0 Å². The van der Waals surface area contributed by atoms with Crippen molar-refractivity contribution in [2.75, 3.05) is 6.61 Å². The van der Waals surface area contributed by atoms with Gasteiger partial charge in [-0.05, 0) is 40.5 Å². The van der Waals surface area contributed by atoms with Crippen LogP contribution in [-0.2, 0) is 28.6 Å². The Balaban J connectivity index is 1.59. The highest BCUT2D eigenvalue weighted by molar-refractivity contribution is 5.80. The fourth-order valence-electron chi connectivity index (χ4n) is 4.05. The van der Waals surface area contributed by atoms with Gasteiger partial charge in [0.25, 0.3) is 0 Å². The SMILES string of the molecule is CC(C)(C)C(=O)OCC(=O)OC1C2CC3C(=O)OC1(C)C3C2. The van der Waals surface area contributed by atoms with Crippen LogP contribution in [0.3, 0.4) is 0 Å².